The number of aliphatic hydroxyl groups is 1. The van der Waals surface area contributed by atoms with E-state index in [-0.39, 0.29) is 12.1 Å². The summed E-state index contributed by atoms with van der Waals surface area (Å²) in [5.74, 6) is 0. The van der Waals surface area contributed by atoms with Gasteiger partial charge in [0, 0.05) is 19.7 Å². The van der Waals surface area contributed by atoms with Crippen molar-refractivity contribution in [1.82, 2.24) is 9.78 Å². The lowest BCUT2D eigenvalue weighted by atomic mass is 10.4. The van der Waals surface area contributed by atoms with E-state index in [9.17, 15) is 4.79 Å². The number of aliphatic hydroxyl groups excluding tert-OH is 1. The summed E-state index contributed by atoms with van der Waals surface area (Å²) >= 11 is 0. The first-order valence-electron chi connectivity index (χ1n) is 5.01. The first kappa shape index (κ1) is 11.7. The Morgan fingerprint density at radius 1 is 1.67 bits per heavy atom. The lowest BCUT2D eigenvalue weighted by Gasteiger charge is -2.16. The summed E-state index contributed by atoms with van der Waals surface area (Å²) in [4.78, 5) is 13.5. The monoisotopic (exact) mass is 211 g/mol. The van der Waals surface area contributed by atoms with Crippen LogP contribution in [0.25, 0.3) is 0 Å². The molecule has 0 saturated carbocycles. The number of anilines is 1. The lowest BCUT2D eigenvalue weighted by molar-refractivity contribution is 0.166. The molecule has 0 saturated heterocycles. The van der Waals surface area contributed by atoms with Crippen molar-refractivity contribution in [1.29, 1.82) is 0 Å². The van der Waals surface area contributed by atoms with Gasteiger partial charge in [-0.3, -0.25) is 4.79 Å². The van der Waals surface area contributed by atoms with Gasteiger partial charge in [0.05, 0.1) is 24.5 Å². The molecule has 0 radical (unpaired) electrons. The maximum absolute atomic E-state index is 11.6. The van der Waals surface area contributed by atoms with Crippen LogP contribution in [0, 0.1) is 0 Å². The van der Waals surface area contributed by atoms with Crippen molar-refractivity contribution >= 4 is 5.69 Å². The largest absolute Gasteiger partial charge is 0.391 e. The van der Waals surface area contributed by atoms with Gasteiger partial charge in [0.2, 0.25) is 0 Å². The molecule has 0 aliphatic heterocycles. The van der Waals surface area contributed by atoms with E-state index in [0.29, 0.717) is 0 Å². The van der Waals surface area contributed by atoms with Gasteiger partial charge in [0.1, 0.15) is 0 Å². The Morgan fingerprint density at radius 3 is 2.80 bits per heavy atom. The molecule has 1 unspecified atom stereocenters. The molecule has 0 bridgehead atoms. The first-order chi connectivity index (χ1) is 7.04. The molecule has 0 aromatic carbocycles. The van der Waals surface area contributed by atoms with Crippen molar-refractivity contribution in [3.63, 3.8) is 0 Å². The van der Waals surface area contributed by atoms with E-state index in [1.54, 1.807) is 13.1 Å². The van der Waals surface area contributed by atoms with Crippen LogP contribution in [-0.4, -0.2) is 34.6 Å². The van der Waals surface area contributed by atoms with Gasteiger partial charge in [-0.05, 0) is 13.8 Å². The van der Waals surface area contributed by atoms with Crippen LogP contribution in [0.15, 0.2) is 17.1 Å². The molecular formula is C10H17N3O2. The van der Waals surface area contributed by atoms with Crippen LogP contribution in [0.2, 0.25) is 0 Å². The summed E-state index contributed by atoms with van der Waals surface area (Å²) in [6.45, 7) is 4.68. The maximum atomic E-state index is 11.6. The average molecular weight is 211 g/mol. The molecule has 0 aliphatic carbocycles. The van der Waals surface area contributed by atoms with E-state index >= 15 is 0 Å². The number of nitrogens with zero attached hydrogens (tertiary/aromatic N) is 3. The highest BCUT2D eigenvalue weighted by Gasteiger charge is 2.04. The normalized spacial score (nSPS) is 12.5. The molecular weight excluding hydrogens is 194 g/mol. The summed E-state index contributed by atoms with van der Waals surface area (Å²) in [7, 11) is 1.90. The third-order valence-corrected chi connectivity index (χ3v) is 2.21. The minimum Gasteiger partial charge on any atom is -0.391 e. The van der Waals surface area contributed by atoms with Gasteiger partial charge < -0.3 is 10.0 Å². The van der Waals surface area contributed by atoms with Gasteiger partial charge in [-0.15, -0.1) is 0 Å². The Bertz CT molecular complexity index is 373. The molecule has 84 valence electrons. The molecule has 1 aromatic heterocycles. The third-order valence-electron chi connectivity index (χ3n) is 2.21. The number of aromatic nitrogens is 2. The van der Waals surface area contributed by atoms with Crippen molar-refractivity contribution in [3.8, 4) is 0 Å². The van der Waals surface area contributed by atoms with E-state index in [4.69, 9.17) is 5.11 Å². The fourth-order valence-corrected chi connectivity index (χ4v) is 1.20. The molecule has 1 rings (SSSR count). The Hall–Kier alpha value is -1.36. The fourth-order valence-electron chi connectivity index (χ4n) is 1.20. The molecule has 1 N–H and O–H groups in total. The SMILES string of the molecule is CCN(C)c1cnn(CC(C)O)c(=O)c1. The summed E-state index contributed by atoms with van der Waals surface area (Å²) < 4.78 is 1.26. The van der Waals surface area contributed by atoms with Gasteiger partial charge in [-0.2, -0.15) is 5.10 Å². The minimum absolute atomic E-state index is 0.186. The summed E-state index contributed by atoms with van der Waals surface area (Å²) in [6.07, 6.45) is 1.07. The zero-order chi connectivity index (χ0) is 11.4. The topological polar surface area (TPSA) is 58.4 Å². The Kier molecular flexibility index (Phi) is 3.85. The van der Waals surface area contributed by atoms with Crippen LogP contribution in [0.4, 0.5) is 5.69 Å². The van der Waals surface area contributed by atoms with Crippen LogP contribution < -0.4 is 10.5 Å². The molecule has 5 nitrogen and oxygen atoms in total. The van der Waals surface area contributed by atoms with Gasteiger partial charge in [-0.1, -0.05) is 0 Å². The van der Waals surface area contributed by atoms with Crippen LogP contribution in [0.1, 0.15) is 13.8 Å². The quantitative estimate of drug-likeness (QED) is 0.766. The molecule has 1 aromatic rings. The molecule has 0 amide bonds. The Balaban J connectivity index is 2.93. The average Bonchev–Trinajstić information content (AvgIpc) is 2.19. The van der Waals surface area contributed by atoms with Crippen molar-refractivity contribution < 1.29 is 5.11 Å². The van der Waals surface area contributed by atoms with Crippen molar-refractivity contribution in [2.75, 3.05) is 18.5 Å². The zero-order valence-corrected chi connectivity index (χ0v) is 9.34. The molecule has 1 heterocycles. The fraction of sp³-hybridized carbons (Fsp3) is 0.600. The smallest absolute Gasteiger partial charge is 0.268 e. The minimum atomic E-state index is -0.565. The van der Waals surface area contributed by atoms with Gasteiger partial charge >= 0.3 is 0 Å². The molecule has 0 aliphatic rings. The lowest BCUT2D eigenvalue weighted by Crippen LogP contribution is -2.28. The van der Waals surface area contributed by atoms with E-state index < -0.39 is 6.10 Å². The second kappa shape index (κ2) is 4.93. The number of hydrogen-bond donors (Lipinski definition) is 1. The van der Waals surface area contributed by atoms with E-state index in [1.807, 2.05) is 18.9 Å². The van der Waals surface area contributed by atoms with Crippen LogP contribution in [0.5, 0.6) is 0 Å². The van der Waals surface area contributed by atoms with Crippen LogP contribution in [0.3, 0.4) is 0 Å². The first-order valence-corrected chi connectivity index (χ1v) is 5.01. The molecule has 0 spiro atoms. The Morgan fingerprint density at radius 2 is 2.33 bits per heavy atom. The van der Waals surface area contributed by atoms with Crippen molar-refractivity contribution in [2.24, 2.45) is 0 Å². The standard InChI is InChI=1S/C10H17N3O2/c1-4-12(3)9-5-10(15)13(11-6-9)7-8(2)14/h5-6,8,14H,4,7H2,1-3H3. The van der Waals surface area contributed by atoms with Crippen LogP contribution in [-0.2, 0) is 6.54 Å². The second-order valence-electron chi connectivity index (χ2n) is 3.60. The van der Waals surface area contributed by atoms with Crippen molar-refractivity contribution in [3.05, 3.63) is 22.6 Å². The summed E-state index contributed by atoms with van der Waals surface area (Å²) in [6, 6.07) is 1.53. The number of hydrogen-bond acceptors (Lipinski definition) is 4. The second-order valence-corrected chi connectivity index (χ2v) is 3.60. The molecule has 15 heavy (non-hydrogen) atoms. The molecule has 0 fully saturated rings. The highest BCUT2D eigenvalue weighted by molar-refractivity contribution is 5.41. The highest BCUT2D eigenvalue weighted by atomic mass is 16.3. The van der Waals surface area contributed by atoms with Gasteiger partial charge in [0.15, 0.2) is 0 Å². The van der Waals surface area contributed by atoms with E-state index in [1.165, 1.54) is 10.7 Å². The van der Waals surface area contributed by atoms with E-state index in [0.717, 1.165) is 12.2 Å². The third kappa shape index (κ3) is 3.06. The number of rotatable bonds is 4. The predicted octanol–water partition coefficient (Wildman–Crippen LogP) is 0.0802. The van der Waals surface area contributed by atoms with E-state index in [2.05, 4.69) is 5.10 Å². The van der Waals surface area contributed by atoms with Gasteiger partial charge in [0.25, 0.3) is 5.56 Å². The predicted molar refractivity (Wildman–Crippen MR) is 59.1 cm³/mol. The van der Waals surface area contributed by atoms with Crippen molar-refractivity contribution in [2.45, 2.75) is 26.5 Å². The van der Waals surface area contributed by atoms with Crippen LogP contribution >= 0.6 is 0 Å². The summed E-state index contributed by atoms with van der Waals surface area (Å²) in [5.41, 5.74) is 0.609. The Labute approximate surface area is 89.0 Å². The zero-order valence-electron chi connectivity index (χ0n) is 9.34. The highest BCUT2D eigenvalue weighted by Crippen LogP contribution is 2.05. The summed E-state index contributed by atoms with van der Waals surface area (Å²) in [5, 5.41) is 13.1. The molecule has 5 heteroatoms. The molecule has 1 atom stereocenters. The van der Waals surface area contributed by atoms with Gasteiger partial charge in [-0.25, -0.2) is 4.68 Å². The maximum Gasteiger partial charge on any atom is 0.268 e.